The van der Waals surface area contributed by atoms with E-state index in [9.17, 15) is 14.7 Å². The first-order chi connectivity index (χ1) is 9.56. The number of benzene rings is 1. The number of H-pyrrole nitrogens is 1. The van der Waals surface area contributed by atoms with Crippen molar-refractivity contribution < 1.29 is 9.90 Å². The molecule has 5 nitrogen and oxygen atoms in total. The Labute approximate surface area is 116 Å². The van der Waals surface area contributed by atoms with Gasteiger partial charge in [-0.05, 0) is 18.6 Å². The first kappa shape index (κ1) is 14.0. The lowest BCUT2D eigenvalue weighted by Crippen LogP contribution is -2.29. The quantitative estimate of drug-likeness (QED) is 0.780. The summed E-state index contributed by atoms with van der Waals surface area (Å²) in [5.74, 6) is -0.380. The predicted octanol–water partition coefficient (Wildman–Crippen LogP) is 1.15. The average molecular weight is 272 g/mol. The second-order valence-electron chi connectivity index (χ2n) is 4.55. The monoisotopic (exact) mass is 272 g/mol. The molecule has 2 aromatic rings. The summed E-state index contributed by atoms with van der Waals surface area (Å²) in [7, 11) is 0. The molecule has 5 heteroatoms. The molecule has 0 fully saturated rings. The molecular weight excluding hydrogens is 256 g/mol. The van der Waals surface area contributed by atoms with Crippen LogP contribution in [-0.2, 0) is 0 Å². The van der Waals surface area contributed by atoms with Gasteiger partial charge in [0.05, 0.1) is 6.10 Å². The van der Waals surface area contributed by atoms with E-state index in [-0.39, 0.29) is 23.6 Å². The van der Waals surface area contributed by atoms with Crippen molar-refractivity contribution >= 4 is 5.91 Å². The highest BCUT2D eigenvalue weighted by atomic mass is 16.3. The van der Waals surface area contributed by atoms with Gasteiger partial charge in [0.1, 0.15) is 0 Å². The fourth-order valence-electron chi connectivity index (χ4n) is 1.90. The molecule has 20 heavy (non-hydrogen) atoms. The highest BCUT2D eigenvalue weighted by Crippen LogP contribution is 2.10. The van der Waals surface area contributed by atoms with Crippen LogP contribution in [0.15, 0.2) is 47.3 Å². The zero-order chi connectivity index (χ0) is 14.5. The van der Waals surface area contributed by atoms with Gasteiger partial charge < -0.3 is 15.4 Å². The topological polar surface area (TPSA) is 82.2 Å². The summed E-state index contributed by atoms with van der Waals surface area (Å²) in [6, 6.07) is 11.9. The van der Waals surface area contributed by atoms with Crippen LogP contribution in [0.1, 0.15) is 27.7 Å². The minimum atomic E-state index is -0.775. The SMILES string of the molecule is Cc1cc(C(=O)NCC(O)c2ccccc2)cc(=O)[nH]1. The first-order valence-corrected chi connectivity index (χ1v) is 6.28. The fraction of sp³-hybridized carbons (Fsp3) is 0.200. The molecule has 0 aliphatic heterocycles. The van der Waals surface area contributed by atoms with Crippen LogP contribution in [0.25, 0.3) is 0 Å². The average Bonchev–Trinajstić information content (AvgIpc) is 2.44. The van der Waals surface area contributed by atoms with Crippen LogP contribution >= 0.6 is 0 Å². The zero-order valence-electron chi connectivity index (χ0n) is 11.1. The number of carbonyl (C=O) groups is 1. The van der Waals surface area contributed by atoms with Crippen molar-refractivity contribution in [3.63, 3.8) is 0 Å². The van der Waals surface area contributed by atoms with Crippen LogP contribution in [0.5, 0.6) is 0 Å². The molecule has 1 unspecified atom stereocenters. The van der Waals surface area contributed by atoms with E-state index in [0.29, 0.717) is 5.69 Å². The third kappa shape index (κ3) is 3.55. The summed E-state index contributed by atoms with van der Waals surface area (Å²) in [6.07, 6.45) is -0.775. The van der Waals surface area contributed by atoms with Gasteiger partial charge in [-0.1, -0.05) is 30.3 Å². The molecule has 0 aliphatic rings. The molecule has 3 N–H and O–H groups in total. The number of carbonyl (C=O) groups excluding carboxylic acids is 1. The Morgan fingerprint density at radius 3 is 2.65 bits per heavy atom. The molecule has 0 saturated heterocycles. The number of aliphatic hydroxyl groups is 1. The van der Waals surface area contributed by atoms with E-state index in [1.807, 2.05) is 18.2 Å². The van der Waals surface area contributed by atoms with Gasteiger partial charge in [0, 0.05) is 23.9 Å². The molecule has 2 rings (SSSR count). The number of aliphatic hydroxyl groups excluding tert-OH is 1. The number of hydrogen-bond acceptors (Lipinski definition) is 3. The molecule has 0 radical (unpaired) electrons. The fourth-order valence-corrected chi connectivity index (χ4v) is 1.90. The van der Waals surface area contributed by atoms with Crippen molar-refractivity contribution in [2.24, 2.45) is 0 Å². The van der Waals surface area contributed by atoms with E-state index in [2.05, 4.69) is 10.3 Å². The highest BCUT2D eigenvalue weighted by Gasteiger charge is 2.11. The second-order valence-corrected chi connectivity index (χ2v) is 4.55. The van der Waals surface area contributed by atoms with Crippen molar-refractivity contribution in [2.75, 3.05) is 6.54 Å². The van der Waals surface area contributed by atoms with E-state index >= 15 is 0 Å². The number of amides is 1. The summed E-state index contributed by atoms with van der Waals surface area (Å²) in [6.45, 7) is 1.80. The number of pyridine rings is 1. The normalized spacial score (nSPS) is 11.9. The van der Waals surface area contributed by atoms with Crippen molar-refractivity contribution in [1.29, 1.82) is 0 Å². The van der Waals surface area contributed by atoms with Crippen molar-refractivity contribution in [1.82, 2.24) is 10.3 Å². The Kier molecular flexibility index (Phi) is 4.32. The van der Waals surface area contributed by atoms with Gasteiger partial charge >= 0.3 is 0 Å². The summed E-state index contributed by atoms with van der Waals surface area (Å²) < 4.78 is 0. The lowest BCUT2D eigenvalue weighted by molar-refractivity contribution is 0.0916. The second kappa shape index (κ2) is 6.16. The standard InChI is InChI=1S/C15H16N2O3/c1-10-7-12(8-14(19)17-10)15(20)16-9-13(18)11-5-3-2-4-6-11/h2-8,13,18H,9H2,1H3,(H,16,20)(H,17,19). The lowest BCUT2D eigenvalue weighted by Gasteiger charge is -2.12. The minimum absolute atomic E-state index is 0.0920. The summed E-state index contributed by atoms with van der Waals surface area (Å²) in [5.41, 5.74) is 1.31. The van der Waals surface area contributed by atoms with Gasteiger partial charge in [-0.2, -0.15) is 0 Å². The van der Waals surface area contributed by atoms with Crippen LogP contribution in [0.3, 0.4) is 0 Å². The summed E-state index contributed by atoms with van der Waals surface area (Å²) in [4.78, 5) is 25.8. The molecule has 0 aliphatic carbocycles. The van der Waals surface area contributed by atoms with E-state index in [1.54, 1.807) is 25.1 Å². The van der Waals surface area contributed by atoms with E-state index in [0.717, 1.165) is 5.56 Å². The third-order valence-corrected chi connectivity index (χ3v) is 2.88. The van der Waals surface area contributed by atoms with Crippen molar-refractivity contribution in [2.45, 2.75) is 13.0 Å². The van der Waals surface area contributed by atoms with Crippen molar-refractivity contribution in [3.05, 3.63) is 69.6 Å². The molecule has 104 valence electrons. The Balaban J connectivity index is 2.00. The maximum absolute atomic E-state index is 11.9. The van der Waals surface area contributed by atoms with Gasteiger partial charge in [-0.25, -0.2) is 0 Å². The van der Waals surface area contributed by atoms with Gasteiger partial charge in [0.15, 0.2) is 0 Å². The number of hydrogen-bond donors (Lipinski definition) is 3. The number of aryl methyl sites for hydroxylation is 1. The Morgan fingerprint density at radius 2 is 2.00 bits per heavy atom. The van der Waals surface area contributed by atoms with Crippen LogP contribution in [0.4, 0.5) is 0 Å². The molecule has 0 bridgehead atoms. The summed E-state index contributed by atoms with van der Waals surface area (Å²) >= 11 is 0. The molecule has 1 aromatic heterocycles. The van der Waals surface area contributed by atoms with E-state index in [1.165, 1.54) is 6.07 Å². The summed E-state index contributed by atoms with van der Waals surface area (Å²) in [5, 5.41) is 12.6. The minimum Gasteiger partial charge on any atom is -0.387 e. The molecule has 0 saturated carbocycles. The maximum atomic E-state index is 11.9. The number of nitrogens with one attached hydrogen (secondary N) is 2. The molecule has 1 atom stereocenters. The largest absolute Gasteiger partial charge is 0.387 e. The van der Waals surface area contributed by atoms with Crippen molar-refractivity contribution in [3.8, 4) is 0 Å². The molecular formula is C15H16N2O3. The maximum Gasteiger partial charge on any atom is 0.251 e. The van der Waals surface area contributed by atoms with Crippen LogP contribution in [0.2, 0.25) is 0 Å². The molecule has 0 spiro atoms. The molecule has 1 amide bonds. The molecule has 1 aromatic carbocycles. The predicted molar refractivity (Wildman–Crippen MR) is 75.5 cm³/mol. The number of rotatable bonds is 4. The van der Waals surface area contributed by atoms with Crippen LogP contribution in [-0.4, -0.2) is 22.5 Å². The first-order valence-electron chi connectivity index (χ1n) is 6.28. The van der Waals surface area contributed by atoms with E-state index < -0.39 is 6.10 Å². The Hall–Kier alpha value is -2.40. The third-order valence-electron chi connectivity index (χ3n) is 2.88. The van der Waals surface area contributed by atoms with Gasteiger partial charge in [-0.3, -0.25) is 9.59 Å². The zero-order valence-corrected chi connectivity index (χ0v) is 11.1. The van der Waals surface area contributed by atoms with Crippen LogP contribution in [0, 0.1) is 6.92 Å². The Morgan fingerprint density at radius 1 is 1.30 bits per heavy atom. The Bertz CT molecular complexity index is 650. The van der Waals surface area contributed by atoms with Gasteiger partial charge in [-0.15, -0.1) is 0 Å². The number of aromatic amines is 1. The van der Waals surface area contributed by atoms with E-state index in [4.69, 9.17) is 0 Å². The van der Waals surface area contributed by atoms with Gasteiger partial charge in [0.2, 0.25) is 5.56 Å². The lowest BCUT2D eigenvalue weighted by atomic mass is 10.1. The van der Waals surface area contributed by atoms with Gasteiger partial charge in [0.25, 0.3) is 5.91 Å². The number of aromatic nitrogens is 1. The van der Waals surface area contributed by atoms with Crippen LogP contribution < -0.4 is 10.9 Å². The molecule has 1 heterocycles. The highest BCUT2D eigenvalue weighted by molar-refractivity contribution is 5.94. The smallest absolute Gasteiger partial charge is 0.251 e.